The zero-order chi connectivity index (χ0) is 20.9. The molecule has 1 aliphatic rings. The summed E-state index contributed by atoms with van der Waals surface area (Å²) < 4.78 is 10.9. The first-order chi connectivity index (χ1) is 13.1. The SMILES string of the molecule is C=Cc1ccc(OC)c(CC(=O)N2CCCC(N(C)C(=O)OC(C)(C)C)C2)c1. The molecule has 0 N–H and O–H groups in total. The highest BCUT2D eigenvalue weighted by molar-refractivity contribution is 5.80. The minimum atomic E-state index is -0.539. The van der Waals surface area contributed by atoms with Gasteiger partial charge in [-0.2, -0.15) is 0 Å². The van der Waals surface area contributed by atoms with Crippen molar-refractivity contribution in [1.29, 1.82) is 0 Å². The molecule has 28 heavy (non-hydrogen) atoms. The second-order valence-electron chi connectivity index (χ2n) is 8.18. The maximum absolute atomic E-state index is 12.9. The number of hydrogen-bond donors (Lipinski definition) is 0. The second kappa shape index (κ2) is 9.13. The lowest BCUT2D eigenvalue weighted by Crippen LogP contribution is -2.51. The molecule has 0 spiro atoms. The van der Waals surface area contributed by atoms with Crippen molar-refractivity contribution in [1.82, 2.24) is 9.80 Å². The van der Waals surface area contributed by atoms with E-state index >= 15 is 0 Å². The molecule has 0 aliphatic carbocycles. The maximum Gasteiger partial charge on any atom is 0.410 e. The number of amides is 2. The van der Waals surface area contributed by atoms with Gasteiger partial charge in [0.05, 0.1) is 19.6 Å². The van der Waals surface area contributed by atoms with Crippen molar-refractivity contribution in [3.05, 3.63) is 35.9 Å². The fourth-order valence-corrected chi connectivity index (χ4v) is 3.32. The van der Waals surface area contributed by atoms with Gasteiger partial charge in [-0.25, -0.2) is 4.79 Å². The van der Waals surface area contributed by atoms with Gasteiger partial charge in [-0.15, -0.1) is 0 Å². The second-order valence-corrected chi connectivity index (χ2v) is 8.18. The van der Waals surface area contributed by atoms with Crippen molar-refractivity contribution in [2.45, 2.75) is 51.7 Å². The van der Waals surface area contributed by atoms with E-state index in [1.165, 1.54) is 0 Å². The Labute approximate surface area is 168 Å². The predicted molar refractivity (Wildman–Crippen MR) is 110 cm³/mol. The number of nitrogens with zero attached hydrogens (tertiary/aromatic N) is 2. The van der Waals surface area contributed by atoms with Gasteiger partial charge in [-0.1, -0.05) is 18.7 Å². The van der Waals surface area contributed by atoms with Gasteiger partial charge in [0.2, 0.25) is 5.91 Å². The van der Waals surface area contributed by atoms with Gasteiger partial charge >= 0.3 is 6.09 Å². The quantitative estimate of drug-likeness (QED) is 0.771. The molecule has 0 bridgehead atoms. The van der Waals surface area contributed by atoms with Gasteiger partial charge < -0.3 is 19.3 Å². The highest BCUT2D eigenvalue weighted by Crippen LogP contribution is 2.23. The molecule has 2 amide bonds. The molecule has 1 fully saturated rings. The van der Waals surface area contributed by atoms with Gasteiger partial charge in [0.25, 0.3) is 0 Å². The Morgan fingerprint density at radius 3 is 2.68 bits per heavy atom. The molecule has 1 unspecified atom stereocenters. The molecule has 1 aliphatic heterocycles. The largest absolute Gasteiger partial charge is 0.496 e. The highest BCUT2D eigenvalue weighted by atomic mass is 16.6. The topological polar surface area (TPSA) is 59.1 Å². The summed E-state index contributed by atoms with van der Waals surface area (Å²) in [5.41, 5.74) is 1.25. The lowest BCUT2D eigenvalue weighted by molar-refractivity contribution is -0.132. The summed E-state index contributed by atoms with van der Waals surface area (Å²) in [4.78, 5) is 28.7. The van der Waals surface area contributed by atoms with Crippen molar-refractivity contribution < 1.29 is 19.1 Å². The first-order valence-electron chi connectivity index (χ1n) is 9.67. The molecular weight excluding hydrogens is 356 g/mol. The number of benzene rings is 1. The molecule has 6 heteroatoms. The third-order valence-corrected chi connectivity index (χ3v) is 4.86. The molecule has 6 nitrogen and oxygen atoms in total. The Bertz CT molecular complexity index is 724. The number of carbonyl (C=O) groups is 2. The van der Waals surface area contributed by atoms with E-state index in [0.29, 0.717) is 18.8 Å². The maximum atomic E-state index is 12.9. The molecule has 2 rings (SSSR count). The molecule has 0 radical (unpaired) electrons. The number of hydrogen-bond acceptors (Lipinski definition) is 4. The molecule has 0 aromatic heterocycles. The molecule has 154 valence electrons. The number of methoxy groups -OCH3 is 1. The van der Waals surface area contributed by atoms with Crippen LogP contribution in [-0.2, 0) is 16.0 Å². The number of rotatable bonds is 5. The number of ether oxygens (including phenoxy) is 2. The number of likely N-dealkylation sites (N-methyl/N-ethyl adjacent to an activating group) is 1. The zero-order valence-electron chi connectivity index (χ0n) is 17.7. The number of carbonyl (C=O) groups excluding carboxylic acids is 2. The summed E-state index contributed by atoms with van der Waals surface area (Å²) in [7, 11) is 3.34. The molecule has 1 saturated heterocycles. The van der Waals surface area contributed by atoms with Crippen LogP contribution in [-0.4, -0.2) is 60.7 Å². The summed E-state index contributed by atoms with van der Waals surface area (Å²) in [6.45, 7) is 10.5. The molecule has 1 heterocycles. The fraction of sp³-hybridized carbons (Fsp3) is 0.545. The lowest BCUT2D eigenvalue weighted by Gasteiger charge is -2.38. The van der Waals surface area contributed by atoms with Gasteiger partial charge in [-0.05, 0) is 51.3 Å². The van der Waals surface area contributed by atoms with Crippen LogP contribution in [0.2, 0.25) is 0 Å². The minimum Gasteiger partial charge on any atom is -0.496 e. The van der Waals surface area contributed by atoms with Crippen LogP contribution in [0.3, 0.4) is 0 Å². The predicted octanol–water partition coefficient (Wildman–Crippen LogP) is 3.74. The van der Waals surface area contributed by atoms with Crippen LogP contribution in [0.5, 0.6) is 5.75 Å². The average molecular weight is 389 g/mol. The summed E-state index contributed by atoms with van der Waals surface area (Å²) in [6.07, 6.45) is 3.36. The molecule has 1 atom stereocenters. The van der Waals surface area contributed by atoms with Gasteiger partial charge in [0.1, 0.15) is 11.4 Å². The first kappa shape index (κ1) is 21.8. The lowest BCUT2D eigenvalue weighted by atomic mass is 10.0. The molecule has 1 aromatic carbocycles. The van der Waals surface area contributed by atoms with E-state index in [1.54, 1.807) is 25.1 Å². The monoisotopic (exact) mass is 388 g/mol. The van der Waals surface area contributed by atoms with Crippen molar-refractivity contribution >= 4 is 18.1 Å². The average Bonchev–Trinajstić information content (AvgIpc) is 2.66. The van der Waals surface area contributed by atoms with Crippen molar-refractivity contribution in [2.75, 3.05) is 27.2 Å². The van der Waals surface area contributed by atoms with Crippen LogP contribution in [0.4, 0.5) is 4.79 Å². The third-order valence-electron chi connectivity index (χ3n) is 4.86. The third kappa shape index (κ3) is 5.75. The van der Waals surface area contributed by atoms with Crippen LogP contribution < -0.4 is 4.74 Å². The van der Waals surface area contributed by atoms with E-state index in [4.69, 9.17) is 9.47 Å². The summed E-state index contributed by atoms with van der Waals surface area (Å²) in [6, 6.07) is 5.65. The summed E-state index contributed by atoms with van der Waals surface area (Å²) in [5, 5.41) is 0. The van der Waals surface area contributed by atoms with Crippen LogP contribution in [0.25, 0.3) is 6.08 Å². The van der Waals surface area contributed by atoms with E-state index < -0.39 is 5.60 Å². The van der Waals surface area contributed by atoms with Gasteiger partial charge in [0, 0.05) is 25.7 Å². The summed E-state index contributed by atoms with van der Waals surface area (Å²) >= 11 is 0. The Morgan fingerprint density at radius 1 is 1.36 bits per heavy atom. The van der Waals surface area contributed by atoms with Crippen LogP contribution in [0.1, 0.15) is 44.7 Å². The molecule has 0 saturated carbocycles. The standard InChI is InChI=1S/C22H32N2O4/c1-7-16-10-11-19(27-6)17(13-16)14-20(25)24-12-8-9-18(15-24)23(5)21(26)28-22(2,3)4/h7,10-11,13,18H,1,8-9,12,14-15H2,2-6H3. The van der Waals surface area contributed by atoms with Crippen molar-refractivity contribution in [3.8, 4) is 5.75 Å². The van der Waals surface area contributed by atoms with Crippen LogP contribution >= 0.6 is 0 Å². The van der Waals surface area contributed by atoms with Crippen molar-refractivity contribution in [2.24, 2.45) is 0 Å². The van der Waals surface area contributed by atoms with E-state index in [1.807, 2.05) is 43.9 Å². The minimum absolute atomic E-state index is 0.0294. The van der Waals surface area contributed by atoms with Gasteiger partial charge in [-0.3, -0.25) is 4.79 Å². The van der Waals surface area contributed by atoms with E-state index in [-0.39, 0.29) is 24.5 Å². The van der Waals surface area contributed by atoms with Crippen molar-refractivity contribution in [3.63, 3.8) is 0 Å². The van der Waals surface area contributed by atoms with E-state index in [2.05, 4.69) is 6.58 Å². The molecule has 1 aromatic rings. The molecular formula is C22H32N2O4. The zero-order valence-corrected chi connectivity index (χ0v) is 17.7. The highest BCUT2D eigenvalue weighted by Gasteiger charge is 2.31. The normalized spacial score (nSPS) is 17.0. The van der Waals surface area contributed by atoms with Crippen LogP contribution in [0.15, 0.2) is 24.8 Å². The first-order valence-corrected chi connectivity index (χ1v) is 9.67. The summed E-state index contributed by atoms with van der Waals surface area (Å²) in [5.74, 6) is 0.722. The number of likely N-dealkylation sites (tertiary alicyclic amines) is 1. The van der Waals surface area contributed by atoms with E-state index in [9.17, 15) is 9.59 Å². The Hall–Kier alpha value is -2.50. The fourth-order valence-electron chi connectivity index (χ4n) is 3.32. The van der Waals surface area contributed by atoms with Crippen LogP contribution in [0, 0.1) is 0 Å². The van der Waals surface area contributed by atoms with Gasteiger partial charge in [0.15, 0.2) is 0 Å². The Balaban J connectivity index is 2.05. The number of piperidine rings is 1. The van der Waals surface area contributed by atoms with E-state index in [0.717, 1.165) is 24.0 Å². The Kier molecular flexibility index (Phi) is 7.11. The Morgan fingerprint density at radius 2 is 2.07 bits per heavy atom. The smallest absolute Gasteiger partial charge is 0.410 e.